The summed E-state index contributed by atoms with van der Waals surface area (Å²) in [5.41, 5.74) is 6.18. The summed E-state index contributed by atoms with van der Waals surface area (Å²) in [5.74, 6) is 0. The lowest BCUT2D eigenvalue weighted by Gasteiger charge is -2.09. The molecular weight excluding hydrogens is 266 g/mol. The van der Waals surface area contributed by atoms with Crippen LogP contribution in [0, 0.1) is 0 Å². The summed E-state index contributed by atoms with van der Waals surface area (Å²) >= 11 is 3.24. The topological polar surface area (TPSA) is 38.0 Å². The molecule has 1 aromatic rings. The fraction of sp³-hybridized carbons (Fsp3) is 0.400. The van der Waals surface area contributed by atoms with E-state index in [1.807, 2.05) is 0 Å². The molecule has 0 radical (unpaired) electrons. The van der Waals surface area contributed by atoms with Gasteiger partial charge in [0.2, 0.25) is 0 Å². The van der Waals surface area contributed by atoms with Crippen LogP contribution in [0.4, 0.5) is 14.5 Å². The van der Waals surface area contributed by atoms with Crippen LogP contribution in [0.25, 0.3) is 0 Å². The van der Waals surface area contributed by atoms with Gasteiger partial charge >= 0.3 is 0 Å². The third kappa shape index (κ3) is 3.76. The standard InChI is InChI=1S/C10H13BrF2N2/c11-8-6-7(10(12)13)2-3-9(8)15-5-1-4-14/h2-3,6,10,15H,1,4-5,14H2. The second kappa shape index (κ2) is 6.02. The third-order valence-electron chi connectivity index (χ3n) is 1.94. The van der Waals surface area contributed by atoms with E-state index in [0.717, 1.165) is 18.7 Å². The van der Waals surface area contributed by atoms with Crippen LogP contribution >= 0.6 is 15.9 Å². The van der Waals surface area contributed by atoms with Crippen molar-refractivity contribution in [3.63, 3.8) is 0 Å². The van der Waals surface area contributed by atoms with Gasteiger partial charge in [-0.2, -0.15) is 0 Å². The molecule has 0 bridgehead atoms. The second-order valence-electron chi connectivity index (χ2n) is 3.11. The molecule has 1 rings (SSSR count). The van der Waals surface area contributed by atoms with Gasteiger partial charge in [-0.1, -0.05) is 6.07 Å². The van der Waals surface area contributed by atoms with Gasteiger partial charge in [0.05, 0.1) is 0 Å². The first-order valence-electron chi connectivity index (χ1n) is 4.66. The predicted molar refractivity (Wildman–Crippen MR) is 61.3 cm³/mol. The first-order valence-corrected chi connectivity index (χ1v) is 5.46. The zero-order valence-electron chi connectivity index (χ0n) is 8.14. The molecular formula is C10H13BrF2N2. The molecule has 0 saturated carbocycles. The fourth-order valence-corrected chi connectivity index (χ4v) is 1.67. The molecule has 0 aliphatic carbocycles. The van der Waals surface area contributed by atoms with Crippen LogP contribution < -0.4 is 11.1 Å². The van der Waals surface area contributed by atoms with Gasteiger partial charge < -0.3 is 11.1 Å². The maximum atomic E-state index is 12.3. The van der Waals surface area contributed by atoms with Crippen LogP contribution in [0.15, 0.2) is 22.7 Å². The van der Waals surface area contributed by atoms with E-state index in [4.69, 9.17) is 5.73 Å². The number of alkyl halides is 2. The summed E-state index contributed by atoms with van der Waals surface area (Å²) in [5, 5.41) is 3.11. The summed E-state index contributed by atoms with van der Waals surface area (Å²) in [6.45, 7) is 1.35. The molecule has 3 N–H and O–H groups in total. The maximum absolute atomic E-state index is 12.3. The van der Waals surface area contributed by atoms with Crippen molar-refractivity contribution in [2.24, 2.45) is 5.73 Å². The molecule has 0 fully saturated rings. The van der Waals surface area contributed by atoms with Crippen molar-refractivity contribution >= 4 is 21.6 Å². The molecule has 0 aromatic heterocycles. The molecule has 2 nitrogen and oxygen atoms in total. The first-order chi connectivity index (χ1) is 7.15. The van der Waals surface area contributed by atoms with E-state index in [9.17, 15) is 8.78 Å². The number of anilines is 1. The van der Waals surface area contributed by atoms with Crippen LogP contribution in [0.3, 0.4) is 0 Å². The lowest BCUT2D eigenvalue weighted by Crippen LogP contribution is -2.08. The van der Waals surface area contributed by atoms with Gasteiger partial charge in [0.25, 0.3) is 6.43 Å². The molecule has 0 heterocycles. The molecule has 0 aliphatic heterocycles. The van der Waals surface area contributed by atoms with Crippen molar-refractivity contribution in [1.82, 2.24) is 0 Å². The highest BCUT2D eigenvalue weighted by molar-refractivity contribution is 9.10. The molecule has 0 aliphatic rings. The normalized spacial score (nSPS) is 10.7. The first kappa shape index (κ1) is 12.4. The van der Waals surface area contributed by atoms with Crippen LogP contribution in [0.1, 0.15) is 18.4 Å². The minimum Gasteiger partial charge on any atom is -0.384 e. The number of nitrogens with two attached hydrogens (primary N) is 1. The molecule has 5 heteroatoms. The lowest BCUT2D eigenvalue weighted by atomic mass is 10.2. The van der Waals surface area contributed by atoms with Crippen LogP contribution in [0.5, 0.6) is 0 Å². The summed E-state index contributed by atoms with van der Waals surface area (Å²) in [4.78, 5) is 0. The lowest BCUT2D eigenvalue weighted by molar-refractivity contribution is 0.151. The van der Waals surface area contributed by atoms with Crippen molar-refractivity contribution in [3.05, 3.63) is 28.2 Å². The number of hydrogen-bond acceptors (Lipinski definition) is 2. The average molecular weight is 279 g/mol. The highest BCUT2D eigenvalue weighted by Crippen LogP contribution is 2.28. The highest BCUT2D eigenvalue weighted by Gasteiger charge is 2.08. The summed E-state index contributed by atoms with van der Waals surface area (Å²) in [7, 11) is 0. The van der Waals surface area contributed by atoms with Crippen molar-refractivity contribution < 1.29 is 8.78 Å². The van der Waals surface area contributed by atoms with E-state index < -0.39 is 6.43 Å². The van der Waals surface area contributed by atoms with E-state index in [0.29, 0.717) is 11.0 Å². The minimum absolute atomic E-state index is 0.0197. The van der Waals surface area contributed by atoms with Gasteiger partial charge in [-0.25, -0.2) is 8.78 Å². The number of benzene rings is 1. The molecule has 0 amide bonds. The Morgan fingerprint density at radius 2 is 2.13 bits per heavy atom. The minimum atomic E-state index is -2.43. The predicted octanol–water partition coefficient (Wildman–Crippen LogP) is 3.15. The number of halogens is 3. The highest BCUT2D eigenvalue weighted by atomic mass is 79.9. The van der Waals surface area contributed by atoms with E-state index >= 15 is 0 Å². The van der Waals surface area contributed by atoms with E-state index in [-0.39, 0.29) is 5.56 Å². The maximum Gasteiger partial charge on any atom is 0.263 e. The van der Waals surface area contributed by atoms with Crippen molar-refractivity contribution in [1.29, 1.82) is 0 Å². The Kier molecular flexibility index (Phi) is 4.98. The van der Waals surface area contributed by atoms with Gasteiger partial charge in [-0.15, -0.1) is 0 Å². The molecule has 84 valence electrons. The van der Waals surface area contributed by atoms with E-state index in [1.54, 1.807) is 6.07 Å². The smallest absolute Gasteiger partial charge is 0.263 e. The largest absolute Gasteiger partial charge is 0.384 e. The SMILES string of the molecule is NCCCNc1ccc(C(F)F)cc1Br. The monoisotopic (exact) mass is 278 g/mol. The van der Waals surface area contributed by atoms with Crippen molar-refractivity contribution in [3.8, 4) is 0 Å². The summed E-state index contributed by atoms with van der Waals surface area (Å²) in [6.07, 6.45) is -1.58. The van der Waals surface area contributed by atoms with Gasteiger partial charge in [0.15, 0.2) is 0 Å². The summed E-state index contributed by atoms with van der Waals surface area (Å²) in [6, 6.07) is 4.48. The quantitative estimate of drug-likeness (QED) is 0.812. The van der Waals surface area contributed by atoms with Crippen LogP contribution in [-0.2, 0) is 0 Å². The Morgan fingerprint density at radius 3 is 2.67 bits per heavy atom. The summed E-state index contributed by atoms with van der Waals surface area (Å²) < 4.78 is 25.3. The molecule has 0 atom stereocenters. The van der Waals surface area contributed by atoms with E-state index in [2.05, 4.69) is 21.2 Å². The van der Waals surface area contributed by atoms with Gasteiger partial charge in [-0.05, 0) is 41.0 Å². The number of hydrogen-bond donors (Lipinski definition) is 2. The van der Waals surface area contributed by atoms with E-state index in [1.165, 1.54) is 12.1 Å². The average Bonchev–Trinajstić information content (AvgIpc) is 2.20. The Hall–Kier alpha value is -0.680. The molecule has 15 heavy (non-hydrogen) atoms. The van der Waals surface area contributed by atoms with Crippen molar-refractivity contribution in [2.75, 3.05) is 18.4 Å². The second-order valence-corrected chi connectivity index (χ2v) is 3.96. The molecule has 0 spiro atoms. The number of nitrogens with one attached hydrogen (secondary N) is 1. The fourth-order valence-electron chi connectivity index (χ4n) is 1.14. The van der Waals surface area contributed by atoms with Gasteiger partial charge in [-0.3, -0.25) is 0 Å². The van der Waals surface area contributed by atoms with Gasteiger partial charge in [0, 0.05) is 22.3 Å². The third-order valence-corrected chi connectivity index (χ3v) is 2.60. The van der Waals surface area contributed by atoms with Gasteiger partial charge in [0.1, 0.15) is 0 Å². The Balaban J connectivity index is 2.66. The molecule has 0 unspecified atom stereocenters. The Labute approximate surface area is 96.0 Å². The Morgan fingerprint density at radius 1 is 1.40 bits per heavy atom. The number of rotatable bonds is 5. The molecule has 1 aromatic carbocycles. The molecule has 0 saturated heterocycles. The van der Waals surface area contributed by atoms with Crippen LogP contribution in [0.2, 0.25) is 0 Å². The zero-order valence-corrected chi connectivity index (χ0v) is 9.73. The van der Waals surface area contributed by atoms with Crippen molar-refractivity contribution in [2.45, 2.75) is 12.8 Å². The zero-order chi connectivity index (χ0) is 11.3. The van der Waals surface area contributed by atoms with Crippen LogP contribution in [-0.4, -0.2) is 13.1 Å². The Bertz CT molecular complexity index is 318.